The molecule has 0 unspecified atom stereocenters. The molecule has 4 rings (SSSR count). The summed E-state index contributed by atoms with van der Waals surface area (Å²) >= 11 is 0. The summed E-state index contributed by atoms with van der Waals surface area (Å²) < 4.78 is 65.6. The van der Waals surface area contributed by atoms with Gasteiger partial charge in [0, 0.05) is 37.5 Å². The summed E-state index contributed by atoms with van der Waals surface area (Å²) in [5, 5.41) is 5.77. The second kappa shape index (κ2) is 12.4. The van der Waals surface area contributed by atoms with Crippen LogP contribution in [-0.4, -0.2) is 60.9 Å². The number of aryl methyl sites for hydroxylation is 2. The quantitative estimate of drug-likeness (QED) is 0.416. The van der Waals surface area contributed by atoms with E-state index in [0.717, 1.165) is 16.7 Å². The van der Waals surface area contributed by atoms with Crippen molar-refractivity contribution >= 4 is 33.4 Å². The highest BCUT2D eigenvalue weighted by molar-refractivity contribution is 7.89. The van der Waals surface area contributed by atoms with Crippen LogP contribution < -0.4 is 10.6 Å². The Morgan fingerprint density at radius 3 is 2.29 bits per heavy atom. The van der Waals surface area contributed by atoms with Gasteiger partial charge in [-0.1, -0.05) is 6.92 Å². The lowest BCUT2D eigenvalue weighted by Gasteiger charge is -2.34. The van der Waals surface area contributed by atoms with Crippen LogP contribution in [0.5, 0.6) is 0 Å². The molecular weight excluding hydrogens is 557 g/mol. The van der Waals surface area contributed by atoms with Crippen molar-refractivity contribution in [1.29, 1.82) is 0 Å². The van der Waals surface area contributed by atoms with Crippen LogP contribution in [0.4, 0.5) is 18.9 Å². The van der Waals surface area contributed by atoms with Crippen molar-refractivity contribution in [3.05, 3.63) is 28.8 Å². The van der Waals surface area contributed by atoms with Crippen molar-refractivity contribution < 1.29 is 31.2 Å². The molecule has 1 aromatic rings. The number of hydrogen-bond acceptors (Lipinski definition) is 5. The van der Waals surface area contributed by atoms with E-state index in [9.17, 15) is 31.2 Å². The Bertz CT molecular complexity index is 1260. The number of rotatable bonds is 9. The van der Waals surface area contributed by atoms with Gasteiger partial charge in [-0.3, -0.25) is 14.6 Å². The fraction of sp³-hybridized carbons (Fsp3) is 0.690. The minimum absolute atomic E-state index is 0.0235. The van der Waals surface area contributed by atoms with E-state index in [1.165, 1.54) is 4.31 Å². The highest BCUT2D eigenvalue weighted by Crippen LogP contribution is 2.38. The Hall–Kier alpha value is -2.47. The number of amides is 2. The van der Waals surface area contributed by atoms with Gasteiger partial charge in [0.2, 0.25) is 15.9 Å². The first-order valence-electron chi connectivity index (χ1n) is 14.6. The minimum Gasteiger partial charge on any atom is -0.326 e. The number of carbonyl (C=O) groups excluding carboxylic acids is 2. The standard InChI is InChI=1S/C29H41F3N4O4S/c1-4-25(37)33-23-17-19(2)24(20(3)18-23)10-16-41(39,40)36-14-12-28(13-15-36)27(38)34-26(35-28)22-7-5-21(6-8-22)9-11-29(30,31)32/h17-18,21-22H,4-16H2,1-3H3,(H,33,37)(H,34,35,38). The third kappa shape index (κ3) is 7.68. The van der Waals surface area contributed by atoms with E-state index in [2.05, 4.69) is 10.6 Å². The molecule has 0 radical (unpaired) electrons. The number of carbonyl (C=O) groups is 2. The number of piperidine rings is 1. The number of sulfonamides is 1. The Morgan fingerprint density at radius 2 is 1.73 bits per heavy atom. The molecule has 0 atom stereocenters. The number of anilines is 1. The highest BCUT2D eigenvalue weighted by Gasteiger charge is 2.48. The predicted octanol–water partition coefficient (Wildman–Crippen LogP) is 5.04. The molecule has 1 saturated carbocycles. The van der Waals surface area contributed by atoms with Crippen LogP contribution in [0.2, 0.25) is 0 Å². The van der Waals surface area contributed by atoms with Crippen LogP contribution in [-0.2, 0) is 26.0 Å². The first-order chi connectivity index (χ1) is 19.2. The molecule has 1 aromatic carbocycles. The molecule has 41 heavy (non-hydrogen) atoms. The Balaban J connectivity index is 1.31. The number of benzene rings is 1. The van der Waals surface area contributed by atoms with Crippen molar-refractivity contribution in [3.63, 3.8) is 0 Å². The molecule has 3 aliphatic rings. The molecule has 1 saturated heterocycles. The zero-order valence-electron chi connectivity index (χ0n) is 24.1. The molecule has 12 heteroatoms. The van der Waals surface area contributed by atoms with Gasteiger partial charge in [-0.25, -0.2) is 12.7 Å². The van der Waals surface area contributed by atoms with Gasteiger partial charge in [0.15, 0.2) is 0 Å². The fourth-order valence-corrected chi connectivity index (χ4v) is 7.83. The number of alkyl halides is 3. The molecule has 2 amide bonds. The van der Waals surface area contributed by atoms with Gasteiger partial charge in [0.1, 0.15) is 11.4 Å². The van der Waals surface area contributed by atoms with Crippen LogP contribution in [0, 0.1) is 25.7 Å². The molecule has 1 aliphatic carbocycles. The molecule has 2 aliphatic heterocycles. The normalized spacial score (nSPS) is 23.4. The smallest absolute Gasteiger partial charge is 0.326 e. The maximum Gasteiger partial charge on any atom is 0.389 e. The van der Waals surface area contributed by atoms with E-state index < -0.39 is 28.2 Å². The van der Waals surface area contributed by atoms with Gasteiger partial charge >= 0.3 is 6.18 Å². The average Bonchev–Trinajstić information content (AvgIpc) is 3.22. The van der Waals surface area contributed by atoms with E-state index in [1.807, 2.05) is 26.0 Å². The number of nitrogens with zero attached hydrogens (tertiary/aromatic N) is 2. The molecule has 228 valence electrons. The van der Waals surface area contributed by atoms with Crippen molar-refractivity contribution in [1.82, 2.24) is 9.62 Å². The predicted molar refractivity (Wildman–Crippen MR) is 152 cm³/mol. The Morgan fingerprint density at radius 1 is 1.12 bits per heavy atom. The summed E-state index contributed by atoms with van der Waals surface area (Å²) in [4.78, 5) is 29.5. The molecule has 0 aromatic heterocycles. The number of aliphatic imine (C=N–C) groups is 1. The summed E-state index contributed by atoms with van der Waals surface area (Å²) in [6.07, 6.45) is -0.667. The number of hydrogen-bond donors (Lipinski definition) is 2. The topological polar surface area (TPSA) is 108 Å². The third-order valence-corrected chi connectivity index (χ3v) is 10.8. The second-order valence-corrected chi connectivity index (χ2v) is 13.9. The van der Waals surface area contributed by atoms with E-state index in [1.54, 1.807) is 6.92 Å². The molecule has 2 heterocycles. The van der Waals surface area contributed by atoms with Crippen LogP contribution in [0.15, 0.2) is 17.1 Å². The molecule has 2 fully saturated rings. The van der Waals surface area contributed by atoms with Crippen LogP contribution in [0.1, 0.15) is 81.4 Å². The highest BCUT2D eigenvalue weighted by atomic mass is 32.2. The average molecular weight is 599 g/mol. The molecule has 2 N–H and O–H groups in total. The number of nitrogens with one attached hydrogen (secondary N) is 2. The lowest BCUT2D eigenvalue weighted by Crippen LogP contribution is -2.51. The first kappa shape index (κ1) is 31.5. The van der Waals surface area contributed by atoms with Crippen molar-refractivity contribution in [2.24, 2.45) is 16.8 Å². The van der Waals surface area contributed by atoms with Crippen molar-refractivity contribution in [3.8, 4) is 0 Å². The van der Waals surface area contributed by atoms with Crippen molar-refractivity contribution in [2.45, 2.75) is 96.7 Å². The second-order valence-electron chi connectivity index (χ2n) is 11.8. The summed E-state index contributed by atoms with van der Waals surface area (Å²) in [6.45, 7) is 6.00. The van der Waals surface area contributed by atoms with E-state index in [-0.39, 0.29) is 48.9 Å². The van der Waals surface area contributed by atoms with Gasteiger partial charge in [-0.2, -0.15) is 13.2 Å². The minimum atomic E-state index is -4.13. The summed E-state index contributed by atoms with van der Waals surface area (Å²) in [5.74, 6) is 0.341. The lowest BCUT2D eigenvalue weighted by molar-refractivity contribution is -0.138. The lowest BCUT2D eigenvalue weighted by atomic mass is 9.79. The largest absolute Gasteiger partial charge is 0.389 e. The summed E-state index contributed by atoms with van der Waals surface area (Å²) in [7, 11) is -3.56. The Labute approximate surface area is 240 Å². The maximum atomic E-state index is 13.2. The molecule has 0 bridgehead atoms. The maximum absolute atomic E-state index is 13.2. The zero-order valence-corrected chi connectivity index (χ0v) is 24.9. The van der Waals surface area contributed by atoms with Gasteiger partial charge in [0.25, 0.3) is 5.91 Å². The number of halogens is 3. The van der Waals surface area contributed by atoms with Gasteiger partial charge in [0.05, 0.1) is 5.75 Å². The summed E-state index contributed by atoms with van der Waals surface area (Å²) in [5.41, 5.74) is 2.50. The zero-order chi connectivity index (χ0) is 30.0. The van der Waals surface area contributed by atoms with Crippen LogP contribution in [0.25, 0.3) is 0 Å². The van der Waals surface area contributed by atoms with E-state index in [4.69, 9.17) is 4.99 Å². The van der Waals surface area contributed by atoms with Gasteiger partial charge in [-0.15, -0.1) is 0 Å². The molecule has 8 nitrogen and oxygen atoms in total. The third-order valence-electron chi connectivity index (χ3n) is 8.92. The summed E-state index contributed by atoms with van der Waals surface area (Å²) in [6, 6.07) is 3.72. The van der Waals surface area contributed by atoms with Crippen LogP contribution in [0.3, 0.4) is 0 Å². The molecular formula is C29H41F3N4O4S. The number of amidine groups is 1. The molecule has 1 spiro atoms. The van der Waals surface area contributed by atoms with Crippen LogP contribution >= 0.6 is 0 Å². The fourth-order valence-electron chi connectivity index (χ4n) is 6.37. The van der Waals surface area contributed by atoms with E-state index in [0.29, 0.717) is 62.9 Å². The van der Waals surface area contributed by atoms with Crippen molar-refractivity contribution in [2.75, 3.05) is 24.2 Å². The first-order valence-corrected chi connectivity index (χ1v) is 16.2. The Kier molecular flexibility index (Phi) is 9.52. The van der Waals surface area contributed by atoms with Gasteiger partial charge in [-0.05, 0) is 100.0 Å². The SMILES string of the molecule is CCC(=O)Nc1cc(C)c(CCS(=O)(=O)N2CCC3(CC2)N=C(C2CCC(CCC(F)(F)F)CC2)NC3=O)c(C)c1. The van der Waals surface area contributed by atoms with Gasteiger partial charge < -0.3 is 10.6 Å². The van der Waals surface area contributed by atoms with E-state index >= 15 is 0 Å². The monoisotopic (exact) mass is 598 g/mol.